The summed E-state index contributed by atoms with van der Waals surface area (Å²) in [6.07, 6.45) is 2.30. The van der Waals surface area contributed by atoms with Crippen LogP contribution in [0.25, 0.3) is 17.1 Å². The molecule has 178 valence electrons. The van der Waals surface area contributed by atoms with Crippen LogP contribution >= 0.6 is 23.2 Å². The van der Waals surface area contributed by atoms with Gasteiger partial charge in [0.25, 0.3) is 5.91 Å². The molecule has 5 nitrogen and oxygen atoms in total. The first-order valence-corrected chi connectivity index (χ1v) is 12.0. The van der Waals surface area contributed by atoms with Gasteiger partial charge in [-0.15, -0.1) is 0 Å². The van der Waals surface area contributed by atoms with Gasteiger partial charge in [-0.2, -0.15) is 0 Å². The van der Waals surface area contributed by atoms with Crippen LogP contribution in [0.2, 0.25) is 10.0 Å². The van der Waals surface area contributed by atoms with Crippen molar-refractivity contribution in [3.63, 3.8) is 0 Å². The Bertz CT molecular complexity index is 1380. The highest BCUT2D eigenvalue weighted by atomic mass is 35.5. The Morgan fingerprint density at radius 1 is 0.971 bits per heavy atom. The largest absolute Gasteiger partial charge is 0.385 e. The second-order valence-electron chi connectivity index (χ2n) is 8.61. The monoisotopic (exact) mass is 509 g/mol. The van der Waals surface area contributed by atoms with Crippen molar-refractivity contribution in [2.45, 2.75) is 18.4 Å². The summed E-state index contributed by atoms with van der Waals surface area (Å²) in [4.78, 5) is 19.8. The molecule has 5 rings (SSSR count). The van der Waals surface area contributed by atoms with Gasteiger partial charge in [-0.25, -0.2) is 9.37 Å². The number of amides is 1. The number of aromatic nitrogens is 2. The van der Waals surface area contributed by atoms with Crippen LogP contribution in [-0.2, 0) is 5.60 Å². The molecule has 3 aromatic carbocycles. The number of aliphatic hydroxyl groups is 1. The Kier molecular flexibility index (Phi) is 6.36. The van der Waals surface area contributed by atoms with Gasteiger partial charge in [0.05, 0.1) is 10.6 Å². The van der Waals surface area contributed by atoms with E-state index in [0.717, 1.165) is 5.69 Å². The lowest BCUT2D eigenvalue weighted by molar-refractivity contribution is -0.0214. The minimum absolute atomic E-state index is 0.243. The van der Waals surface area contributed by atoms with Crippen LogP contribution in [0.5, 0.6) is 0 Å². The van der Waals surface area contributed by atoms with Crippen LogP contribution in [0.3, 0.4) is 0 Å². The maximum absolute atomic E-state index is 13.7. The second-order valence-corrected chi connectivity index (χ2v) is 9.45. The van der Waals surface area contributed by atoms with Crippen molar-refractivity contribution in [1.29, 1.82) is 0 Å². The van der Waals surface area contributed by atoms with E-state index in [-0.39, 0.29) is 11.6 Å². The topological polar surface area (TPSA) is 58.4 Å². The number of nitrogens with zero attached hydrogens (tertiary/aromatic N) is 3. The lowest BCUT2D eigenvalue weighted by Crippen LogP contribution is -2.45. The van der Waals surface area contributed by atoms with Gasteiger partial charge in [0, 0.05) is 35.6 Å². The first kappa shape index (κ1) is 23.5. The average Bonchev–Trinajstić information content (AvgIpc) is 3.30. The lowest BCUT2D eigenvalue weighted by atomic mass is 9.84. The number of benzene rings is 3. The van der Waals surface area contributed by atoms with Crippen LogP contribution in [0.4, 0.5) is 4.39 Å². The number of piperidine rings is 1. The molecule has 8 heteroatoms. The summed E-state index contributed by atoms with van der Waals surface area (Å²) in [5, 5.41) is 12.2. The third-order valence-electron chi connectivity index (χ3n) is 6.38. The molecule has 0 spiro atoms. The Labute approximate surface area is 212 Å². The fourth-order valence-electron chi connectivity index (χ4n) is 4.42. The third kappa shape index (κ3) is 4.69. The van der Waals surface area contributed by atoms with Crippen LogP contribution in [-0.4, -0.2) is 38.6 Å². The second kappa shape index (κ2) is 9.46. The number of carbonyl (C=O) groups is 1. The summed E-state index contributed by atoms with van der Waals surface area (Å²) in [5.74, 6) is -0.101. The smallest absolute Gasteiger partial charge is 0.274 e. The number of carbonyl (C=O) groups excluding carboxylic acids is 1. The minimum Gasteiger partial charge on any atom is -0.385 e. The molecule has 4 aromatic rings. The van der Waals surface area contributed by atoms with Gasteiger partial charge in [-0.05, 0) is 66.9 Å². The first-order valence-electron chi connectivity index (χ1n) is 11.2. The minimum atomic E-state index is -1.18. The molecule has 1 fully saturated rings. The maximum atomic E-state index is 13.7. The van der Waals surface area contributed by atoms with Gasteiger partial charge < -0.3 is 10.0 Å². The quantitative estimate of drug-likeness (QED) is 0.361. The summed E-state index contributed by atoms with van der Waals surface area (Å²) in [5.41, 5.74) is 1.10. The zero-order valence-corrected chi connectivity index (χ0v) is 20.2. The van der Waals surface area contributed by atoms with Crippen molar-refractivity contribution in [1.82, 2.24) is 14.5 Å². The number of rotatable bonds is 4. The standard InChI is InChI=1S/C27H22Cl2FN3O2/c28-19-8-10-21(11-9-19)33-17-24(31-25(33)22-6-1-2-7-23(22)29)26(34)32-14-12-27(35,13-15-32)18-4-3-5-20(30)16-18/h1-11,16-17,35H,12-15H2. The number of halogens is 3. The maximum Gasteiger partial charge on any atom is 0.274 e. The molecule has 1 N–H and O–H groups in total. The molecule has 1 aromatic heterocycles. The van der Waals surface area contributed by atoms with Gasteiger partial charge in [0.1, 0.15) is 17.3 Å². The molecule has 1 saturated heterocycles. The van der Waals surface area contributed by atoms with E-state index in [1.807, 2.05) is 34.9 Å². The lowest BCUT2D eigenvalue weighted by Gasteiger charge is -2.38. The molecule has 1 amide bonds. The van der Waals surface area contributed by atoms with Gasteiger partial charge in [-0.3, -0.25) is 9.36 Å². The normalized spacial score (nSPS) is 15.3. The van der Waals surface area contributed by atoms with Gasteiger partial charge >= 0.3 is 0 Å². The first-order chi connectivity index (χ1) is 16.8. The van der Waals surface area contributed by atoms with E-state index >= 15 is 0 Å². The van der Waals surface area contributed by atoms with Crippen molar-refractivity contribution < 1.29 is 14.3 Å². The Morgan fingerprint density at radius 2 is 1.69 bits per heavy atom. The molecule has 1 aliphatic rings. The van der Waals surface area contributed by atoms with Crippen molar-refractivity contribution in [2.24, 2.45) is 0 Å². The van der Waals surface area contributed by atoms with Crippen LogP contribution in [0.15, 0.2) is 79.0 Å². The average molecular weight is 510 g/mol. The van der Waals surface area contributed by atoms with Crippen LogP contribution < -0.4 is 0 Å². The fraction of sp³-hybridized carbons (Fsp3) is 0.185. The Balaban J connectivity index is 1.44. The number of likely N-dealkylation sites (tertiary alicyclic amines) is 1. The number of hydrogen-bond donors (Lipinski definition) is 1. The van der Waals surface area contributed by atoms with Crippen molar-refractivity contribution in [3.8, 4) is 17.1 Å². The molecule has 35 heavy (non-hydrogen) atoms. The molecule has 0 atom stereocenters. The summed E-state index contributed by atoms with van der Waals surface area (Å²) >= 11 is 12.5. The SMILES string of the molecule is O=C(c1cn(-c2ccc(Cl)cc2)c(-c2ccccc2Cl)n1)N1CCC(O)(c2cccc(F)c2)CC1. The highest BCUT2D eigenvalue weighted by Crippen LogP contribution is 2.34. The molecule has 0 radical (unpaired) electrons. The van der Waals surface area contributed by atoms with Gasteiger partial charge in [0.15, 0.2) is 0 Å². The van der Waals surface area contributed by atoms with Crippen molar-refractivity contribution in [2.75, 3.05) is 13.1 Å². The Hall–Kier alpha value is -3.19. The summed E-state index contributed by atoms with van der Waals surface area (Å²) in [6.45, 7) is 0.641. The summed E-state index contributed by atoms with van der Waals surface area (Å²) in [6, 6.07) is 20.5. The predicted molar refractivity (Wildman–Crippen MR) is 134 cm³/mol. The highest BCUT2D eigenvalue weighted by molar-refractivity contribution is 6.33. The molecular weight excluding hydrogens is 488 g/mol. The van der Waals surface area contributed by atoms with E-state index in [2.05, 4.69) is 4.98 Å². The van der Waals surface area contributed by atoms with E-state index in [4.69, 9.17) is 23.2 Å². The Morgan fingerprint density at radius 3 is 2.37 bits per heavy atom. The molecule has 0 saturated carbocycles. The predicted octanol–water partition coefficient (Wildman–Crippen LogP) is 6.11. The number of imidazole rings is 1. The zero-order chi connectivity index (χ0) is 24.6. The number of hydrogen-bond acceptors (Lipinski definition) is 3. The summed E-state index contributed by atoms with van der Waals surface area (Å²) < 4.78 is 15.5. The van der Waals surface area contributed by atoms with Crippen molar-refractivity contribution in [3.05, 3.63) is 106 Å². The van der Waals surface area contributed by atoms with E-state index in [0.29, 0.717) is 52.9 Å². The van der Waals surface area contributed by atoms with Crippen LogP contribution in [0.1, 0.15) is 28.9 Å². The fourth-order valence-corrected chi connectivity index (χ4v) is 4.77. The molecular formula is C27H22Cl2FN3O2. The molecule has 2 heterocycles. The van der Waals surface area contributed by atoms with E-state index in [1.54, 1.807) is 41.4 Å². The third-order valence-corrected chi connectivity index (χ3v) is 6.97. The van der Waals surface area contributed by atoms with Crippen LogP contribution in [0, 0.1) is 5.82 Å². The van der Waals surface area contributed by atoms with Gasteiger partial charge in [-0.1, -0.05) is 47.5 Å². The molecule has 0 aliphatic carbocycles. The van der Waals surface area contributed by atoms with Crippen molar-refractivity contribution >= 4 is 29.1 Å². The van der Waals surface area contributed by atoms with E-state index in [9.17, 15) is 14.3 Å². The van der Waals surface area contributed by atoms with E-state index in [1.165, 1.54) is 12.1 Å². The zero-order valence-electron chi connectivity index (χ0n) is 18.7. The summed E-state index contributed by atoms with van der Waals surface area (Å²) in [7, 11) is 0. The highest BCUT2D eigenvalue weighted by Gasteiger charge is 2.36. The molecule has 1 aliphatic heterocycles. The van der Waals surface area contributed by atoms with E-state index < -0.39 is 11.4 Å². The molecule has 0 bridgehead atoms. The molecule has 0 unspecified atom stereocenters. The van der Waals surface area contributed by atoms with Gasteiger partial charge in [0.2, 0.25) is 0 Å².